The smallest absolute Gasteiger partial charge is 0.291 e. The maximum absolute atomic E-state index is 12.7. The van der Waals surface area contributed by atoms with Crippen LogP contribution in [0.5, 0.6) is 28.7 Å². The number of hydrogen-bond donors (Lipinski definition) is 1. The van der Waals surface area contributed by atoms with Crippen LogP contribution in [0.15, 0.2) is 77.2 Å². The van der Waals surface area contributed by atoms with E-state index in [0.717, 1.165) is 5.56 Å². The number of hydrogen-bond acceptors (Lipinski definition) is 8. The zero-order valence-electron chi connectivity index (χ0n) is 19.1. The first-order valence-electron chi connectivity index (χ1n) is 10.9. The van der Waals surface area contributed by atoms with Crippen LogP contribution in [0.2, 0.25) is 0 Å². The highest BCUT2D eigenvalue weighted by Crippen LogP contribution is 2.35. The number of furan rings is 1. The van der Waals surface area contributed by atoms with Gasteiger partial charge in [-0.25, -0.2) is 0 Å². The number of benzene rings is 3. The Morgan fingerprint density at radius 3 is 2.53 bits per heavy atom. The lowest BCUT2D eigenvalue weighted by Crippen LogP contribution is -2.11. The van der Waals surface area contributed by atoms with Gasteiger partial charge >= 0.3 is 0 Å². The summed E-state index contributed by atoms with van der Waals surface area (Å²) in [5.41, 5.74) is 1.01. The Morgan fingerprint density at radius 2 is 1.72 bits per heavy atom. The largest absolute Gasteiger partial charge is 0.486 e. The molecule has 182 valence electrons. The van der Waals surface area contributed by atoms with Crippen molar-refractivity contribution >= 4 is 17.3 Å². The highest BCUT2D eigenvalue weighted by atomic mass is 16.7. The Bertz CT molecular complexity index is 1430. The summed E-state index contributed by atoms with van der Waals surface area (Å²) < 4.78 is 27.6. The SMILES string of the molecule is Cc1ccc(Oc2cc(NC(=O)c3ccc(COc4ccc5c(c4)OCO5)o3)cc([N+](=O)[O-])c2)cc1. The van der Waals surface area contributed by atoms with E-state index < -0.39 is 10.8 Å². The van der Waals surface area contributed by atoms with Crippen LogP contribution in [0.4, 0.5) is 11.4 Å². The van der Waals surface area contributed by atoms with Gasteiger partial charge in [0.2, 0.25) is 6.79 Å². The number of nitro groups is 1. The molecule has 0 bridgehead atoms. The number of rotatable bonds is 8. The Labute approximate surface area is 205 Å². The van der Waals surface area contributed by atoms with Crippen molar-refractivity contribution in [3.63, 3.8) is 0 Å². The average Bonchev–Trinajstić information content (AvgIpc) is 3.53. The number of ether oxygens (including phenoxy) is 4. The molecule has 1 aliphatic heterocycles. The van der Waals surface area contributed by atoms with Crippen molar-refractivity contribution in [2.45, 2.75) is 13.5 Å². The lowest BCUT2D eigenvalue weighted by Gasteiger charge is -2.09. The Kier molecular flexibility index (Phi) is 6.14. The van der Waals surface area contributed by atoms with Crippen LogP contribution in [0.25, 0.3) is 0 Å². The highest BCUT2D eigenvalue weighted by Gasteiger charge is 2.17. The van der Waals surface area contributed by atoms with Crippen molar-refractivity contribution in [3.8, 4) is 28.7 Å². The Morgan fingerprint density at radius 1 is 0.944 bits per heavy atom. The van der Waals surface area contributed by atoms with Crippen LogP contribution in [0, 0.1) is 17.0 Å². The van der Waals surface area contributed by atoms with E-state index in [4.69, 9.17) is 23.4 Å². The minimum atomic E-state index is -0.578. The molecule has 1 amide bonds. The molecular weight excluding hydrogens is 468 g/mol. The average molecular weight is 488 g/mol. The summed E-state index contributed by atoms with van der Waals surface area (Å²) in [5.74, 6) is 2.37. The fourth-order valence-electron chi connectivity index (χ4n) is 3.45. The topological polar surface area (TPSA) is 122 Å². The minimum absolute atomic E-state index is 0.0202. The van der Waals surface area contributed by atoms with Crippen molar-refractivity contribution in [3.05, 3.63) is 100.0 Å². The van der Waals surface area contributed by atoms with Gasteiger partial charge in [0, 0.05) is 18.2 Å². The third kappa shape index (κ3) is 5.22. The molecule has 0 saturated carbocycles. The van der Waals surface area contributed by atoms with E-state index in [1.54, 1.807) is 36.4 Å². The fourth-order valence-corrected chi connectivity index (χ4v) is 3.45. The van der Waals surface area contributed by atoms with E-state index in [1.807, 2.05) is 19.1 Å². The van der Waals surface area contributed by atoms with E-state index in [0.29, 0.717) is 28.8 Å². The molecule has 0 aliphatic carbocycles. The first-order valence-corrected chi connectivity index (χ1v) is 10.9. The zero-order chi connectivity index (χ0) is 25.1. The number of non-ortho nitro benzene ring substituents is 1. The lowest BCUT2D eigenvalue weighted by molar-refractivity contribution is -0.384. The molecule has 0 fully saturated rings. The predicted octanol–water partition coefficient (Wildman–Crippen LogP) is 5.85. The van der Waals surface area contributed by atoms with Gasteiger partial charge in [-0.2, -0.15) is 0 Å². The molecule has 0 radical (unpaired) electrons. The van der Waals surface area contributed by atoms with E-state index in [-0.39, 0.29) is 36.3 Å². The van der Waals surface area contributed by atoms with Crippen molar-refractivity contribution < 1.29 is 33.1 Å². The molecule has 1 N–H and O–H groups in total. The quantitative estimate of drug-likeness (QED) is 0.242. The summed E-state index contributed by atoms with van der Waals surface area (Å²) >= 11 is 0. The van der Waals surface area contributed by atoms with Crippen molar-refractivity contribution in [1.29, 1.82) is 0 Å². The van der Waals surface area contributed by atoms with Gasteiger partial charge in [0.05, 0.1) is 16.7 Å². The molecule has 1 aromatic heterocycles. The van der Waals surface area contributed by atoms with E-state index in [1.165, 1.54) is 24.3 Å². The third-order valence-corrected chi connectivity index (χ3v) is 5.23. The number of fused-ring (bicyclic) bond motifs is 1. The van der Waals surface area contributed by atoms with Gasteiger partial charge in [-0.15, -0.1) is 0 Å². The summed E-state index contributed by atoms with van der Waals surface area (Å²) in [5, 5.41) is 14.0. The van der Waals surface area contributed by atoms with Crippen LogP contribution in [-0.2, 0) is 6.61 Å². The molecule has 4 aromatic rings. The highest BCUT2D eigenvalue weighted by molar-refractivity contribution is 6.02. The van der Waals surface area contributed by atoms with Crippen LogP contribution >= 0.6 is 0 Å². The number of carbonyl (C=O) groups is 1. The monoisotopic (exact) mass is 488 g/mol. The maximum Gasteiger partial charge on any atom is 0.291 e. The molecule has 0 spiro atoms. The van der Waals surface area contributed by atoms with Gasteiger partial charge in [-0.1, -0.05) is 17.7 Å². The predicted molar refractivity (Wildman–Crippen MR) is 128 cm³/mol. The molecule has 3 aromatic carbocycles. The van der Waals surface area contributed by atoms with Crippen molar-refractivity contribution in [2.24, 2.45) is 0 Å². The van der Waals surface area contributed by atoms with E-state index in [9.17, 15) is 14.9 Å². The number of nitro benzene ring substituents is 1. The lowest BCUT2D eigenvalue weighted by atomic mass is 10.2. The molecule has 0 saturated heterocycles. The molecule has 5 rings (SSSR count). The number of nitrogens with one attached hydrogen (secondary N) is 1. The molecule has 36 heavy (non-hydrogen) atoms. The molecule has 10 heteroatoms. The summed E-state index contributed by atoms with van der Waals surface area (Å²) in [4.78, 5) is 23.6. The number of amides is 1. The number of anilines is 1. The number of nitrogens with zero attached hydrogens (tertiary/aromatic N) is 1. The molecule has 0 unspecified atom stereocenters. The standard InChI is InChI=1S/C26H20N2O8/c1-16-2-4-19(5-3-16)35-22-11-17(10-18(12-22)28(30)31)27-26(29)24-9-7-21(36-24)14-32-20-6-8-23-25(13-20)34-15-33-23/h2-13H,14-15H2,1H3,(H,27,29). The third-order valence-electron chi connectivity index (χ3n) is 5.23. The number of aryl methyl sites for hydroxylation is 1. The molecule has 10 nitrogen and oxygen atoms in total. The normalized spacial score (nSPS) is 11.7. The summed E-state index contributed by atoms with van der Waals surface area (Å²) in [6, 6.07) is 19.5. The van der Waals surface area contributed by atoms with Crippen LogP contribution < -0.4 is 24.3 Å². The van der Waals surface area contributed by atoms with Crippen LogP contribution in [-0.4, -0.2) is 17.6 Å². The summed E-state index contributed by atoms with van der Waals surface area (Å²) in [6.45, 7) is 2.19. The van der Waals surface area contributed by atoms with Crippen LogP contribution in [0.3, 0.4) is 0 Å². The molecule has 2 heterocycles. The van der Waals surface area contributed by atoms with Crippen molar-refractivity contribution in [1.82, 2.24) is 0 Å². The minimum Gasteiger partial charge on any atom is -0.486 e. The summed E-state index contributed by atoms with van der Waals surface area (Å²) in [6.07, 6.45) is 0. The van der Waals surface area contributed by atoms with Crippen molar-refractivity contribution in [2.75, 3.05) is 12.1 Å². The molecular formula is C26H20N2O8. The molecule has 0 atom stereocenters. The zero-order valence-corrected chi connectivity index (χ0v) is 19.1. The van der Waals surface area contributed by atoms with Crippen LogP contribution in [0.1, 0.15) is 21.9 Å². The number of carbonyl (C=O) groups excluding carboxylic acids is 1. The maximum atomic E-state index is 12.7. The van der Waals surface area contributed by atoms with Gasteiger partial charge in [0.1, 0.15) is 29.6 Å². The fraction of sp³-hybridized carbons (Fsp3) is 0.115. The van der Waals surface area contributed by atoms with Gasteiger partial charge in [0.15, 0.2) is 17.3 Å². The molecule has 1 aliphatic rings. The van der Waals surface area contributed by atoms with Gasteiger partial charge in [-0.05, 0) is 43.3 Å². The van der Waals surface area contributed by atoms with Gasteiger partial charge in [-0.3, -0.25) is 14.9 Å². The first kappa shape index (κ1) is 22.8. The van der Waals surface area contributed by atoms with E-state index >= 15 is 0 Å². The Balaban J connectivity index is 1.26. The second-order valence-electron chi connectivity index (χ2n) is 7.91. The second-order valence-corrected chi connectivity index (χ2v) is 7.91. The first-order chi connectivity index (χ1) is 17.4. The van der Waals surface area contributed by atoms with Gasteiger partial charge in [0.25, 0.3) is 11.6 Å². The summed E-state index contributed by atoms with van der Waals surface area (Å²) in [7, 11) is 0. The van der Waals surface area contributed by atoms with E-state index in [2.05, 4.69) is 5.32 Å². The second kappa shape index (κ2) is 9.71. The van der Waals surface area contributed by atoms with Gasteiger partial charge < -0.3 is 28.7 Å². The Hall–Kier alpha value is -4.99.